The van der Waals surface area contributed by atoms with Crippen LogP contribution in [0.15, 0.2) is 30.9 Å². The second kappa shape index (κ2) is 6.12. The molecule has 3 heterocycles. The average Bonchev–Trinajstić information content (AvgIpc) is 3.25. The first kappa shape index (κ1) is 15.5. The fraction of sp³-hybridized carbons (Fsp3) is 0.353. The molecule has 0 fully saturated rings. The molecule has 8 nitrogen and oxygen atoms in total. The van der Waals surface area contributed by atoms with Gasteiger partial charge in [0.05, 0.1) is 11.7 Å². The highest BCUT2D eigenvalue weighted by atomic mass is 16.1. The van der Waals surface area contributed by atoms with Crippen LogP contribution in [0, 0.1) is 6.92 Å². The van der Waals surface area contributed by atoms with Crippen LogP contribution < -0.4 is 5.32 Å². The molecular weight excluding hydrogens is 318 g/mol. The average molecular weight is 337 g/mol. The predicted molar refractivity (Wildman–Crippen MR) is 90.2 cm³/mol. The highest BCUT2D eigenvalue weighted by Crippen LogP contribution is 2.31. The number of nitrogens with zero attached hydrogens (tertiary/aromatic N) is 6. The maximum atomic E-state index is 12.7. The van der Waals surface area contributed by atoms with E-state index in [-0.39, 0.29) is 11.9 Å². The SMILES string of the molecule is Cc1nn(C)c2c1C(NC(=O)c1cccc(-n3cnnc3)n1)CCC2. The Morgan fingerprint density at radius 1 is 1.28 bits per heavy atom. The molecule has 3 aromatic rings. The Morgan fingerprint density at radius 2 is 2.08 bits per heavy atom. The summed E-state index contributed by atoms with van der Waals surface area (Å²) < 4.78 is 3.59. The Morgan fingerprint density at radius 3 is 2.88 bits per heavy atom. The molecule has 1 aliphatic rings. The lowest BCUT2D eigenvalue weighted by atomic mass is 9.91. The quantitative estimate of drug-likeness (QED) is 0.782. The van der Waals surface area contributed by atoms with Crippen LogP contribution >= 0.6 is 0 Å². The first-order chi connectivity index (χ1) is 12.1. The van der Waals surface area contributed by atoms with Crippen molar-refractivity contribution in [2.75, 3.05) is 0 Å². The van der Waals surface area contributed by atoms with Crippen molar-refractivity contribution in [2.45, 2.75) is 32.2 Å². The van der Waals surface area contributed by atoms with Crippen molar-refractivity contribution in [2.24, 2.45) is 7.05 Å². The number of carbonyl (C=O) groups excluding carboxylic acids is 1. The standard InChI is InChI=1S/C17H19N7O/c1-11-16-12(5-3-7-14(16)23(2)22-11)21-17(25)13-6-4-8-15(20-13)24-9-18-19-10-24/h4,6,8-10,12H,3,5,7H2,1-2H3,(H,21,25). The molecule has 0 bridgehead atoms. The van der Waals surface area contributed by atoms with E-state index < -0.39 is 0 Å². The van der Waals surface area contributed by atoms with Gasteiger partial charge in [0, 0.05) is 18.3 Å². The number of hydrogen-bond donors (Lipinski definition) is 1. The summed E-state index contributed by atoms with van der Waals surface area (Å²) in [4.78, 5) is 17.1. The first-order valence-corrected chi connectivity index (χ1v) is 8.29. The van der Waals surface area contributed by atoms with Gasteiger partial charge in [-0.15, -0.1) is 10.2 Å². The molecule has 25 heavy (non-hydrogen) atoms. The molecule has 1 N–H and O–H groups in total. The van der Waals surface area contributed by atoms with E-state index in [0.29, 0.717) is 11.5 Å². The van der Waals surface area contributed by atoms with Gasteiger partial charge < -0.3 is 5.32 Å². The Labute approximate surface area is 144 Å². The number of pyridine rings is 1. The molecule has 0 radical (unpaired) electrons. The van der Waals surface area contributed by atoms with Crippen molar-refractivity contribution < 1.29 is 4.79 Å². The zero-order valence-corrected chi connectivity index (χ0v) is 14.2. The maximum absolute atomic E-state index is 12.7. The van der Waals surface area contributed by atoms with Crippen molar-refractivity contribution in [3.8, 4) is 5.82 Å². The fourth-order valence-electron chi connectivity index (χ4n) is 3.48. The van der Waals surface area contributed by atoms with Crippen molar-refractivity contribution in [3.63, 3.8) is 0 Å². The summed E-state index contributed by atoms with van der Waals surface area (Å²) in [6, 6.07) is 5.30. The van der Waals surface area contributed by atoms with E-state index in [1.165, 1.54) is 5.69 Å². The highest BCUT2D eigenvalue weighted by molar-refractivity contribution is 5.92. The summed E-state index contributed by atoms with van der Waals surface area (Å²) in [5.74, 6) is 0.426. The molecule has 0 aromatic carbocycles. The van der Waals surface area contributed by atoms with Crippen LogP contribution in [0.25, 0.3) is 5.82 Å². The van der Waals surface area contributed by atoms with Gasteiger partial charge in [0.15, 0.2) is 0 Å². The molecule has 0 aliphatic heterocycles. The molecule has 0 spiro atoms. The number of aryl methyl sites for hydroxylation is 2. The smallest absolute Gasteiger partial charge is 0.270 e. The number of nitrogens with one attached hydrogen (secondary N) is 1. The van der Waals surface area contributed by atoms with Gasteiger partial charge in [0.2, 0.25) is 0 Å². The van der Waals surface area contributed by atoms with E-state index in [4.69, 9.17) is 0 Å². The minimum absolute atomic E-state index is 0.0229. The van der Waals surface area contributed by atoms with E-state index in [2.05, 4.69) is 25.6 Å². The number of rotatable bonds is 3. The summed E-state index contributed by atoms with van der Waals surface area (Å²) in [5, 5.41) is 15.2. The Balaban J connectivity index is 1.59. The normalized spacial score (nSPS) is 16.5. The Hall–Kier alpha value is -3.03. The number of carbonyl (C=O) groups is 1. The van der Waals surface area contributed by atoms with Gasteiger partial charge in [-0.3, -0.25) is 14.0 Å². The van der Waals surface area contributed by atoms with Crippen LogP contribution in [0.1, 0.15) is 46.3 Å². The van der Waals surface area contributed by atoms with Crippen LogP contribution in [-0.4, -0.2) is 35.4 Å². The van der Waals surface area contributed by atoms with E-state index >= 15 is 0 Å². The maximum Gasteiger partial charge on any atom is 0.270 e. The van der Waals surface area contributed by atoms with Gasteiger partial charge >= 0.3 is 0 Å². The third kappa shape index (κ3) is 2.79. The summed E-state index contributed by atoms with van der Waals surface area (Å²) >= 11 is 0. The molecule has 0 saturated heterocycles. The largest absolute Gasteiger partial charge is 0.344 e. The number of amides is 1. The first-order valence-electron chi connectivity index (χ1n) is 8.29. The van der Waals surface area contributed by atoms with Crippen molar-refractivity contribution >= 4 is 5.91 Å². The third-order valence-electron chi connectivity index (χ3n) is 4.60. The third-order valence-corrected chi connectivity index (χ3v) is 4.60. The second-order valence-corrected chi connectivity index (χ2v) is 6.24. The van der Waals surface area contributed by atoms with Gasteiger partial charge in [-0.25, -0.2) is 4.98 Å². The van der Waals surface area contributed by atoms with Gasteiger partial charge in [-0.2, -0.15) is 5.10 Å². The lowest BCUT2D eigenvalue weighted by Crippen LogP contribution is -2.32. The van der Waals surface area contributed by atoms with Gasteiger partial charge in [0.25, 0.3) is 5.91 Å². The molecule has 1 amide bonds. The summed E-state index contributed by atoms with van der Waals surface area (Å²) in [6.07, 6.45) is 6.05. The minimum atomic E-state index is -0.184. The summed E-state index contributed by atoms with van der Waals surface area (Å²) in [6.45, 7) is 1.99. The van der Waals surface area contributed by atoms with Crippen molar-refractivity contribution in [3.05, 3.63) is 53.5 Å². The van der Waals surface area contributed by atoms with Crippen LogP contribution in [0.2, 0.25) is 0 Å². The van der Waals surface area contributed by atoms with Crippen LogP contribution in [-0.2, 0) is 13.5 Å². The van der Waals surface area contributed by atoms with Crippen molar-refractivity contribution in [1.82, 2.24) is 34.8 Å². The molecule has 0 saturated carbocycles. The Kier molecular flexibility index (Phi) is 3.79. The molecule has 8 heteroatoms. The molecule has 128 valence electrons. The zero-order chi connectivity index (χ0) is 17.4. The minimum Gasteiger partial charge on any atom is -0.344 e. The van der Waals surface area contributed by atoms with E-state index in [1.54, 1.807) is 29.4 Å². The molecule has 3 aromatic heterocycles. The lowest BCUT2D eigenvalue weighted by Gasteiger charge is -2.24. The van der Waals surface area contributed by atoms with Crippen LogP contribution in [0.3, 0.4) is 0 Å². The summed E-state index contributed by atoms with van der Waals surface area (Å²) in [7, 11) is 1.96. The van der Waals surface area contributed by atoms with Gasteiger partial charge in [-0.1, -0.05) is 6.07 Å². The van der Waals surface area contributed by atoms with E-state index in [9.17, 15) is 4.79 Å². The predicted octanol–water partition coefficient (Wildman–Crippen LogP) is 1.51. The topological polar surface area (TPSA) is 90.5 Å². The van der Waals surface area contributed by atoms with E-state index in [0.717, 1.165) is 30.5 Å². The van der Waals surface area contributed by atoms with Gasteiger partial charge in [0.1, 0.15) is 24.2 Å². The molecule has 1 aliphatic carbocycles. The van der Waals surface area contributed by atoms with Crippen molar-refractivity contribution in [1.29, 1.82) is 0 Å². The Bertz CT molecular complexity index is 913. The lowest BCUT2D eigenvalue weighted by molar-refractivity contribution is 0.0927. The second-order valence-electron chi connectivity index (χ2n) is 6.24. The summed E-state index contributed by atoms with van der Waals surface area (Å²) in [5.41, 5.74) is 3.71. The molecule has 1 unspecified atom stereocenters. The fourth-order valence-corrected chi connectivity index (χ4v) is 3.48. The van der Waals surface area contributed by atoms with Gasteiger partial charge in [-0.05, 0) is 38.3 Å². The van der Waals surface area contributed by atoms with Crippen LogP contribution in [0.4, 0.5) is 0 Å². The van der Waals surface area contributed by atoms with E-state index in [1.807, 2.05) is 24.7 Å². The van der Waals surface area contributed by atoms with Crippen LogP contribution in [0.5, 0.6) is 0 Å². The number of fused-ring (bicyclic) bond motifs is 1. The number of hydrogen-bond acceptors (Lipinski definition) is 5. The zero-order valence-electron chi connectivity index (χ0n) is 14.2. The molecule has 1 atom stereocenters. The molecular formula is C17H19N7O. The monoisotopic (exact) mass is 337 g/mol. The highest BCUT2D eigenvalue weighted by Gasteiger charge is 2.27. The molecule has 4 rings (SSSR count). The number of aromatic nitrogens is 6.